The topological polar surface area (TPSA) is 67.2 Å². The second kappa shape index (κ2) is 7.13. The molecular formula is C18H24FN3O2. The van der Waals surface area contributed by atoms with Crippen LogP contribution in [0.1, 0.15) is 54.7 Å². The molecule has 0 spiro atoms. The van der Waals surface area contributed by atoms with Gasteiger partial charge in [0, 0.05) is 18.3 Å². The number of carbonyl (C=O) groups is 1. The van der Waals surface area contributed by atoms with Crippen LogP contribution >= 0.6 is 0 Å². The fourth-order valence-electron chi connectivity index (χ4n) is 2.79. The van der Waals surface area contributed by atoms with Gasteiger partial charge in [-0.3, -0.25) is 4.79 Å². The van der Waals surface area contributed by atoms with Gasteiger partial charge >= 0.3 is 0 Å². The number of aryl methyl sites for hydroxylation is 2. The van der Waals surface area contributed by atoms with Crippen molar-refractivity contribution in [3.8, 4) is 0 Å². The molecule has 0 saturated carbocycles. The molecule has 6 heteroatoms. The van der Waals surface area contributed by atoms with E-state index in [9.17, 15) is 14.3 Å². The number of nitrogens with one attached hydrogen (secondary N) is 1. The van der Waals surface area contributed by atoms with E-state index in [1.807, 2.05) is 0 Å². The molecule has 1 heterocycles. The number of hydrogen-bond donors (Lipinski definition) is 2. The lowest BCUT2D eigenvalue weighted by atomic mass is 9.89. The average molecular weight is 333 g/mol. The summed E-state index contributed by atoms with van der Waals surface area (Å²) in [5.74, 6) is -1.25. The van der Waals surface area contributed by atoms with Crippen molar-refractivity contribution in [2.75, 3.05) is 5.32 Å². The van der Waals surface area contributed by atoms with Crippen molar-refractivity contribution in [2.45, 2.75) is 45.6 Å². The Morgan fingerprint density at radius 3 is 2.67 bits per heavy atom. The summed E-state index contributed by atoms with van der Waals surface area (Å²) in [5.41, 5.74) is 0.269. The van der Waals surface area contributed by atoms with Crippen LogP contribution in [-0.2, 0) is 12.6 Å². The summed E-state index contributed by atoms with van der Waals surface area (Å²) >= 11 is 0. The maximum Gasteiger partial charge on any atom is 0.262 e. The molecule has 0 bridgehead atoms. The number of para-hydroxylation sites is 1. The first kappa shape index (κ1) is 18.1. The molecule has 2 aromatic rings. The lowest BCUT2D eigenvalue weighted by Crippen LogP contribution is -2.24. The third kappa shape index (κ3) is 3.64. The second-order valence-corrected chi connectivity index (χ2v) is 6.25. The van der Waals surface area contributed by atoms with Gasteiger partial charge in [0.2, 0.25) is 5.95 Å². The quantitative estimate of drug-likeness (QED) is 0.850. The van der Waals surface area contributed by atoms with Gasteiger partial charge in [-0.05, 0) is 26.3 Å². The molecule has 5 nitrogen and oxygen atoms in total. The number of benzene rings is 1. The lowest BCUT2D eigenvalue weighted by molar-refractivity contribution is 0.0461. The van der Waals surface area contributed by atoms with Crippen molar-refractivity contribution in [3.05, 3.63) is 47.0 Å². The Balaban J connectivity index is 2.32. The summed E-state index contributed by atoms with van der Waals surface area (Å²) in [6, 6.07) is 7.05. The number of anilines is 1. The molecular weight excluding hydrogens is 309 g/mol. The Hall–Kier alpha value is -2.21. The summed E-state index contributed by atoms with van der Waals surface area (Å²) in [5, 5.41) is 17.4. The minimum absolute atomic E-state index is 0.0829. The van der Waals surface area contributed by atoms with E-state index in [-0.39, 0.29) is 5.56 Å². The van der Waals surface area contributed by atoms with Gasteiger partial charge in [0.1, 0.15) is 5.56 Å². The van der Waals surface area contributed by atoms with Crippen molar-refractivity contribution in [1.29, 1.82) is 0 Å². The molecule has 1 amide bonds. The van der Waals surface area contributed by atoms with E-state index in [0.717, 1.165) is 17.5 Å². The number of aliphatic hydroxyl groups is 1. The van der Waals surface area contributed by atoms with E-state index in [2.05, 4.69) is 17.3 Å². The molecule has 24 heavy (non-hydrogen) atoms. The van der Waals surface area contributed by atoms with Gasteiger partial charge < -0.3 is 10.4 Å². The normalized spacial score (nSPS) is 13.6. The number of carbonyl (C=O) groups excluding carboxylic acids is 1. The monoisotopic (exact) mass is 333 g/mol. The van der Waals surface area contributed by atoms with Crippen LogP contribution in [0.15, 0.2) is 24.3 Å². The summed E-state index contributed by atoms with van der Waals surface area (Å²) < 4.78 is 15.1. The summed E-state index contributed by atoms with van der Waals surface area (Å²) in [6.45, 7) is 5.36. The van der Waals surface area contributed by atoms with Crippen LogP contribution < -0.4 is 5.32 Å². The number of aromatic nitrogens is 2. The molecule has 0 aliphatic carbocycles. The van der Waals surface area contributed by atoms with E-state index in [4.69, 9.17) is 0 Å². The molecule has 0 fully saturated rings. The molecule has 0 aliphatic rings. The molecule has 130 valence electrons. The summed E-state index contributed by atoms with van der Waals surface area (Å²) in [7, 11) is 1.45. The van der Waals surface area contributed by atoms with Crippen LogP contribution in [-0.4, -0.2) is 20.8 Å². The highest BCUT2D eigenvalue weighted by Gasteiger charge is 2.27. The zero-order valence-electron chi connectivity index (χ0n) is 14.6. The Morgan fingerprint density at radius 1 is 1.42 bits per heavy atom. The van der Waals surface area contributed by atoms with Gasteiger partial charge in [0.25, 0.3) is 5.91 Å². The van der Waals surface area contributed by atoms with Gasteiger partial charge in [0.15, 0.2) is 0 Å². The van der Waals surface area contributed by atoms with E-state index in [1.54, 1.807) is 38.1 Å². The Morgan fingerprint density at radius 2 is 2.08 bits per heavy atom. The summed E-state index contributed by atoms with van der Waals surface area (Å²) in [6.07, 6.45) is 2.41. The van der Waals surface area contributed by atoms with E-state index >= 15 is 0 Å². The maximum atomic E-state index is 14.1. The lowest BCUT2D eigenvalue weighted by Gasteiger charge is -2.26. The zero-order valence-corrected chi connectivity index (χ0v) is 14.6. The Bertz CT molecular complexity index is 738. The third-order valence-electron chi connectivity index (χ3n) is 4.15. The fourth-order valence-corrected chi connectivity index (χ4v) is 2.79. The van der Waals surface area contributed by atoms with Crippen LogP contribution in [0, 0.1) is 12.9 Å². The smallest absolute Gasteiger partial charge is 0.262 e. The van der Waals surface area contributed by atoms with Crippen molar-refractivity contribution in [1.82, 2.24) is 9.78 Å². The number of rotatable bonds is 6. The van der Waals surface area contributed by atoms with Crippen LogP contribution in [0.25, 0.3) is 0 Å². The minimum Gasteiger partial charge on any atom is -0.385 e. The number of halogens is 1. The molecule has 2 rings (SSSR count). The van der Waals surface area contributed by atoms with Gasteiger partial charge in [-0.25, -0.2) is 4.68 Å². The highest BCUT2D eigenvalue weighted by atomic mass is 19.1. The first-order valence-corrected chi connectivity index (χ1v) is 8.10. The van der Waals surface area contributed by atoms with E-state index in [0.29, 0.717) is 23.4 Å². The van der Waals surface area contributed by atoms with Gasteiger partial charge in [-0.2, -0.15) is 9.49 Å². The van der Waals surface area contributed by atoms with Gasteiger partial charge in [0.05, 0.1) is 11.3 Å². The first-order valence-electron chi connectivity index (χ1n) is 8.10. The Kier molecular flexibility index (Phi) is 5.39. The van der Waals surface area contributed by atoms with Crippen molar-refractivity contribution in [2.24, 2.45) is 7.05 Å². The summed E-state index contributed by atoms with van der Waals surface area (Å²) in [4.78, 5) is 12.5. The van der Waals surface area contributed by atoms with Crippen molar-refractivity contribution < 1.29 is 14.3 Å². The van der Waals surface area contributed by atoms with Gasteiger partial charge in [-0.15, -0.1) is 0 Å². The highest BCUT2D eigenvalue weighted by molar-refractivity contribution is 6.05. The largest absolute Gasteiger partial charge is 0.385 e. The van der Waals surface area contributed by atoms with E-state index < -0.39 is 17.5 Å². The molecule has 1 aromatic heterocycles. The number of unbranched alkanes of at least 4 members (excludes halogenated alkanes) is 1. The zero-order chi connectivity index (χ0) is 17.9. The second-order valence-electron chi connectivity index (χ2n) is 6.25. The molecule has 0 radical (unpaired) electrons. The fraction of sp³-hybridized carbons (Fsp3) is 0.444. The number of nitrogens with zero attached hydrogens (tertiary/aromatic N) is 2. The number of hydrogen-bond acceptors (Lipinski definition) is 3. The van der Waals surface area contributed by atoms with Crippen LogP contribution in [0.4, 0.5) is 10.1 Å². The van der Waals surface area contributed by atoms with Crippen LogP contribution in [0.2, 0.25) is 0 Å². The predicted molar refractivity (Wildman–Crippen MR) is 91.4 cm³/mol. The third-order valence-corrected chi connectivity index (χ3v) is 4.15. The van der Waals surface area contributed by atoms with Crippen LogP contribution in [0.3, 0.4) is 0 Å². The number of amides is 1. The predicted octanol–water partition coefficient (Wildman–Crippen LogP) is 3.52. The molecule has 0 saturated heterocycles. The molecule has 1 aromatic carbocycles. The SMILES string of the molecule is CCCCC(C)(O)c1ccccc1NC(=O)c1c(C)nn(C)c1F. The van der Waals surface area contributed by atoms with E-state index in [1.165, 1.54) is 7.05 Å². The molecule has 1 atom stereocenters. The molecule has 0 aliphatic heterocycles. The van der Waals surface area contributed by atoms with Crippen molar-refractivity contribution >= 4 is 11.6 Å². The average Bonchev–Trinajstić information content (AvgIpc) is 2.78. The first-order chi connectivity index (χ1) is 11.3. The Labute approximate surface area is 141 Å². The van der Waals surface area contributed by atoms with Crippen LogP contribution in [0.5, 0.6) is 0 Å². The molecule has 2 N–H and O–H groups in total. The van der Waals surface area contributed by atoms with Gasteiger partial charge in [-0.1, -0.05) is 38.0 Å². The van der Waals surface area contributed by atoms with Crippen molar-refractivity contribution in [3.63, 3.8) is 0 Å². The minimum atomic E-state index is -1.07. The maximum absolute atomic E-state index is 14.1. The highest BCUT2D eigenvalue weighted by Crippen LogP contribution is 2.32. The standard InChI is InChI=1S/C18H24FN3O2/c1-5-6-11-18(3,24)13-9-7-8-10-14(13)20-17(23)15-12(2)21-22(4)16(15)19/h7-10,24H,5-6,11H2,1-4H3,(H,20,23). The molecule has 1 unspecified atom stereocenters.